The minimum absolute atomic E-state index is 0.00921. The van der Waals surface area contributed by atoms with Crippen LogP contribution in [0.5, 0.6) is 5.75 Å². The van der Waals surface area contributed by atoms with Crippen LogP contribution >= 0.6 is 0 Å². The monoisotopic (exact) mass is 272 g/mol. The van der Waals surface area contributed by atoms with Gasteiger partial charge in [-0.15, -0.1) is 0 Å². The lowest BCUT2D eigenvalue weighted by molar-refractivity contribution is 0.103. The van der Waals surface area contributed by atoms with Crippen LogP contribution in [0.3, 0.4) is 0 Å². The number of carbonyl (C=O) groups is 1. The lowest BCUT2D eigenvalue weighted by Crippen LogP contribution is -2.10. The molecule has 20 heavy (non-hydrogen) atoms. The molecule has 0 heterocycles. The maximum Gasteiger partial charge on any atom is 0.200 e. The van der Waals surface area contributed by atoms with Crippen molar-refractivity contribution >= 4 is 5.78 Å². The van der Waals surface area contributed by atoms with Gasteiger partial charge in [-0.1, -0.05) is 23.8 Å². The van der Waals surface area contributed by atoms with Crippen LogP contribution in [0.15, 0.2) is 30.3 Å². The van der Waals surface area contributed by atoms with Crippen molar-refractivity contribution in [1.82, 2.24) is 0 Å². The van der Waals surface area contributed by atoms with E-state index in [4.69, 9.17) is 4.74 Å². The summed E-state index contributed by atoms with van der Waals surface area (Å²) in [6.07, 6.45) is 0. The molecule has 0 fully saturated rings. The van der Waals surface area contributed by atoms with E-state index in [0.29, 0.717) is 5.56 Å². The first-order valence-corrected chi connectivity index (χ1v) is 6.40. The fraction of sp³-hybridized carbons (Fsp3) is 0.235. The lowest BCUT2D eigenvalue weighted by atomic mass is 9.92. The van der Waals surface area contributed by atoms with Crippen LogP contribution in [0, 0.1) is 26.6 Å². The lowest BCUT2D eigenvalue weighted by Gasteiger charge is -2.13. The van der Waals surface area contributed by atoms with Crippen LogP contribution in [-0.4, -0.2) is 12.9 Å². The Morgan fingerprint density at radius 2 is 1.65 bits per heavy atom. The number of methoxy groups -OCH3 is 1. The topological polar surface area (TPSA) is 26.3 Å². The molecule has 0 saturated carbocycles. The van der Waals surface area contributed by atoms with Gasteiger partial charge < -0.3 is 4.74 Å². The summed E-state index contributed by atoms with van der Waals surface area (Å²) < 4.78 is 19.1. The first-order chi connectivity index (χ1) is 9.45. The number of benzene rings is 2. The molecule has 0 aliphatic rings. The van der Waals surface area contributed by atoms with Gasteiger partial charge in [-0.3, -0.25) is 4.79 Å². The number of aryl methyl sites for hydroxylation is 3. The largest absolute Gasteiger partial charge is 0.496 e. The number of rotatable bonds is 3. The Morgan fingerprint density at radius 3 is 2.20 bits per heavy atom. The van der Waals surface area contributed by atoms with E-state index < -0.39 is 5.82 Å². The van der Waals surface area contributed by atoms with Gasteiger partial charge >= 0.3 is 0 Å². The Balaban J connectivity index is 2.64. The molecule has 104 valence electrons. The molecule has 2 nitrogen and oxygen atoms in total. The van der Waals surface area contributed by atoms with Crippen LogP contribution < -0.4 is 4.74 Å². The number of carbonyl (C=O) groups excluding carboxylic acids is 1. The predicted molar refractivity (Wildman–Crippen MR) is 77.0 cm³/mol. The Labute approximate surface area is 118 Å². The van der Waals surface area contributed by atoms with Crippen molar-refractivity contribution in [3.05, 3.63) is 64.0 Å². The van der Waals surface area contributed by atoms with Crippen molar-refractivity contribution in [2.24, 2.45) is 0 Å². The van der Waals surface area contributed by atoms with Gasteiger partial charge in [0.05, 0.1) is 7.11 Å². The fourth-order valence-electron chi connectivity index (χ4n) is 2.56. The molecule has 0 N–H and O–H groups in total. The summed E-state index contributed by atoms with van der Waals surface area (Å²) in [5, 5.41) is 0. The van der Waals surface area contributed by atoms with Gasteiger partial charge in [0, 0.05) is 5.56 Å². The average molecular weight is 272 g/mol. The highest BCUT2D eigenvalue weighted by Crippen LogP contribution is 2.27. The Bertz CT molecular complexity index is 652. The van der Waals surface area contributed by atoms with E-state index >= 15 is 0 Å². The van der Waals surface area contributed by atoms with E-state index in [0.717, 1.165) is 16.7 Å². The number of ether oxygens (including phenoxy) is 1. The van der Waals surface area contributed by atoms with E-state index in [1.807, 2.05) is 32.9 Å². The number of hydrogen-bond donors (Lipinski definition) is 0. The van der Waals surface area contributed by atoms with Crippen LogP contribution in [0.25, 0.3) is 0 Å². The van der Waals surface area contributed by atoms with Crippen molar-refractivity contribution in [3.8, 4) is 5.75 Å². The molecular weight excluding hydrogens is 255 g/mol. The molecule has 2 aromatic rings. The van der Waals surface area contributed by atoms with Crippen LogP contribution in [-0.2, 0) is 0 Å². The highest BCUT2D eigenvalue weighted by Gasteiger charge is 2.22. The second-order valence-electron chi connectivity index (χ2n) is 4.92. The van der Waals surface area contributed by atoms with Gasteiger partial charge in [0.25, 0.3) is 0 Å². The van der Waals surface area contributed by atoms with Gasteiger partial charge in [0.15, 0.2) is 5.78 Å². The van der Waals surface area contributed by atoms with Crippen LogP contribution in [0.2, 0.25) is 0 Å². The molecule has 2 aromatic carbocycles. The summed E-state index contributed by atoms with van der Waals surface area (Å²) in [6, 6.07) is 8.24. The summed E-state index contributed by atoms with van der Waals surface area (Å²) in [4.78, 5) is 12.7. The first-order valence-electron chi connectivity index (χ1n) is 6.40. The predicted octanol–water partition coefficient (Wildman–Crippen LogP) is 3.99. The zero-order valence-corrected chi connectivity index (χ0v) is 12.1. The van der Waals surface area contributed by atoms with Crippen LogP contribution in [0.1, 0.15) is 32.6 Å². The Morgan fingerprint density at radius 1 is 1.05 bits per heavy atom. The second kappa shape index (κ2) is 5.45. The maximum atomic E-state index is 14.0. The van der Waals surface area contributed by atoms with Gasteiger partial charge in [0.1, 0.15) is 17.1 Å². The smallest absolute Gasteiger partial charge is 0.200 e. The molecule has 0 saturated heterocycles. The number of ketones is 1. The zero-order chi connectivity index (χ0) is 14.9. The highest BCUT2D eigenvalue weighted by atomic mass is 19.1. The minimum Gasteiger partial charge on any atom is -0.496 e. The summed E-state index contributed by atoms with van der Waals surface area (Å²) in [6.45, 7) is 5.69. The standard InChI is InChI=1S/C17H17FO2/c1-10-8-11(2)15(12(3)9-10)17(19)16-13(18)6-5-7-14(16)20-4/h5-9H,1-4H3. The maximum absolute atomic E-state index is 14.0. The van der Waals surface area contributed by atoms with Crippen molar-refractivity contribution in [2.75, 3.05) is 7.11 Å². The molecule has 0 amide bonds. The third kappa shape index (κ3) is 2.44. The van der Waals surface area contributed by atoms with Crippen molar-refractivity contribution in [2.45, 2.75) is 20.8 Å². The third-order valence-electron chi connectivity index (χ3n) is 3.33. The normalized spacial score (nSPS) is 10.4. The van der Waals surface area contributed by atoms with E-state index in [2.05, 4.69) is 0 Å². The first kappa shape index (κ1) is 14.3. The van der Waals surface area contributed by atoms with E-state index in [1.165, 1.54) is 19.2 Å². The molecule has 0 spiro atoms. The van der Waals surface area contributed by atoms with Crippen molar-refractivity contribution in [3.63, 3.8) is 0 Å². The molecule has 0 radical (unpaired) electrons. The Kier molecular flexibility index (Phi) is 3.89. The highest BCUT2D eigenvalue weighted by molar-refractivity contribution is 6.12. The number of hydrogen-bond acceptors (Lipinski definition) is 2. The molecule has 3 heteroatoms. The summed E-state index contributed by atoms with van der Waals surface area (Å²) in [5.41, 5.74) is 3.30. The SMILES string of the molecule is COc1cccc(F)c1C(=O)c1c(C)cc(C)cc1C. The average Bonchev–Trinajstić information content (AvgIpc) is 2.36. The molecule has 0 atom stereocenters. The minimum atomic E-state index is -0.561. The zero-order valence-electron chi connectivity index (χ0n) is 12.1. The van der Waals surface area contributed by atoms with Gasteiger partial charge in [-0.2, -0.15) is 0 Å². The van der Waals surface area contributed by atoms with E-state index in [9.17, 15) is 9.18 Å². The molecule has 0 aromatic heterocycles. The summed E-state index contributed by atoms with van der Waals surface area (Å²) >= 11 is 0. The number of halogens is 1. The van der Waals surface area contributed by atoms with Crippen LogP contribution in [0.4, 0.5) is 4.39 Å². The van der Waals surface area contributed by atoms with Crippen molar-refractivity contribution in [1.29, 1.82) is 0 Å². The van der Waals surface area contributed by atoms with E-state index in [1.54, 1.807) is 6.07 Å². The fourth-order valence-corrected chi connectivity index (χ4v) is 2.56. The van der Waals surface area contributed by atoms with Gasteiger partial charge in [-0.05, 0) is 44.0 Å². The van der Waals surface area contributed by atoms with Crippen molar-refractivity contribution < 1.29 is 13.9 Å². The quantitative estimate of drug-likeness (QED) is 0.790. The van der Waals surface area contributed by atoms with E-state index in [-0.39, 0.29) is 17.1 Å². The second-order valence-corrected chi connectivity index (χ2v) is 4.92. The molecule has 2 rings (SSSR count). The summed E-state index contributed by atoms with van der Waals surface area (Å²) in [7, 11) is 1.43. The summed E-state index contributed by atoms with van der Waals surface area (Å²) in [5.74, 6) is -0.641. The molecule has 0 bridgehead atoms. The molecule has 0 unspecified atom stereocenters. The third-order valence-corrected chi connectivity index (χ3v) is 3.33. The Hall–Kier alpha value is -2.16. The molecular formula is C17H17FO2. The molecule has 0 aliphatic carbocycles. The molecule has 0 aliphatic heterocycles. The van der Waals surface area contributed by atoms with Gasteiger partial charge in [0.2, 0.25) is 0 Å². The van der Waals surface area contributed by atoms with Gasteiger partial charge in [-0.25, -0.2) is 4.39 Å².